The van der Waals surface area contributed by atoms with E-state index in [0.29, 0.717) is 26.4 Å². The lowest BCUT2D eigenvalue weighted by atomic mass is 9.60. The first-order valence-electron chi connectivity index (χ1n) is 15.6. The molecule has 0 heterocycles. The Hall–Kier alpha value is -4.44. The van der Waals surface area contributed by atoms with Gasteiger partial charge in [0.1, 0.15) is 11.5 Å². The van der Waals surface area contributed by atoms with Gasteiger partial charge in [-0.3, -0.25) is 0 Å². The molecule has 1 aliphatic rings. The zero-order chi connectivity index (χ0) is 30.8. The molecule has 0 fully saturated rings. The van der Waals surface area contributed by atoms with Crippen molar-refractivity contribution < 1.29 is 18.9 Å². The maximum Gasteiger partial charge on any atom is 0.119 e. The number of ether oxygens (including phenoxy) is 4. The molecule has 0 N–H and O–H groups in total. The third-order valence-corrected chi connectivity index (χ3v) is 7.79. The predicted molar refractivity (Wildman–Crippen MR) is 179 cm³/mol. The highest BCUT2D eigenvalue weighted by atomic mass is 16.5. The topological polar surface area (TPSA) is 36.9 Å². The molecule has 0 radical (unpaired) electrons. The van der Waals surface area contributed by atoms with E-state index in [0.717, 1.165) is 41.9 Å². The molecule has 0 aromatic heterocycles. The van der Waals surface area contributed by atoms with E-state index < -0.39 is 5.41 Å². The van der Waals surface area contributed by atoms with Gasteiger partial charge in [0.2, 0.25) is 0 Å². The summed E-state index contributed by atoms with van der Waals surface area (Å²) in [4.78, 5) is 0. The molecule has 0 spiro atoms. The van der Waals surface area contributed by atoms with Crippen LogP contribution in [0.25, 0.3) is 0 Å². The van der Waals surface area contributed by atoms with Crippen molar-refractivity contribution in [3.63, 3.8) is 0 Å². The lowest BCUT2D eigenvalue weighted by Crippen LogP contribution is -2.36. The Morgan fingerprint density at radius 1 is 0.545 bits per heavy atom. The molecule has 44 heavy (non-hydrogen) atoms. The second-order valence-electron chi connectivity index (χ2n) is 11.8. The predicted octanol–water partition coefficient (Wildman–Crippen LogP) is 9.39. The quantitative estimate of drug-likeness (QED) is 0.0957. The highest BCUT2D eigenvalue weighted by Gasteiger charge is 2.43. The molecule has 1 aliphatic carbocycles. The number of fused-ring (bicyclic) bond motifs is 2. The van der Waals surface area contributed by atoms with Gasteiger partial charge in [0.15, 0.2) is 0 Å². The van der Waals surface area contributed by atoms with Crippen LogP contribution < -0.4 is 9.47 Å². The third-order valence-electron chi connectivity index (χ3n) is 7.79. The molecule has 0 atom stereocenters. The normalized spacial score (nSPS) is 12.7. The summed E-state index contributed by atoms with van der Waals surface area (Å²) >= 11 is 0. The summed E-state index contributed by atoms with van der Waals surface area (Å²) in [5.74, 6) is 1.72. The van der Waals surface area contributed by atoms with E-state index in [9.17, 15) is 0 Å². The smallest absolute Gasteiger partial charge is 0.119 e. The monoisotopic (exact) mass is 588 g/mol. The molecule has 0 bridgehead atoms. The van der Waals surface area contributed by atoms with E-state index in [2.05, 4.69) is 97.1 Å². The highest BCUT2D eigenvalue weighted by Crippen LogP contribution is 2.51. The number of hydrogen-bond acceptors (Lipinski definition) is 4. The van der Waals surface area contributed by atoms with Crippen LogP contribution in [0.15, 0.2) is 121 Å². The van der Waals surface area contributed by atoms with Crippen molar-refractivity contribution in [3.8, 4) is 11.5 Å². The minimum atomic E-state index is -0.473. The fourth-order valence-electron chi connectivity index (χ4n) is 5.94. The second-order valence-corrected chi connectivity index (χ2v) is 11.8. The minimum Gasteiger partial charge on any atom is -0.501 e. The number of allylic oxidation sites excluding steroid dienone is 2. The van der Waals surface area contributed by atoms with Crippen LogP contribution in [0.1, 0.15) is 73.9 Å². The fourth-order valence-corrected chi connectivity index (χ4v) is 5.94. The van der Waals surface area contributed by atoms with Crippen molar-refractivity contribution in [2.24, 2.45) is 0 Å². The van der Waals surface area contributed by atoms with Gasteiger partial charge in [0, 0.05) is 12.8 Å². The molecule has 4 aromatic carbocycles. The standard InChI is InChI=1S/C40H44O4/c1-30(2)28-41-23-9-25-43-36-19-15-34(16-20-36)40(35-17-21-37(22-18-35)44-26-10-24-42-29-31(3)4)38-13-7-5-11-32(38)27-33-12-6-8-14-39(33)40/h5-8,11-22,28-29H,9-10,23-27H2,1-4H3. The van der Waals surface area contributed by atoms with Gasteiger partial charge in [-0.2, -0.15) is 0 Å². The summed E-state index contributed by atoms with van der Waals surface area (Å²) in [5.41, 5.74) is 9.58. The molecule has 0 unspecified atom stereocenters. The number of rotatable bonds is 14. The van der Waals surface area contributed by atoms with Crippen LogP contribution >= 0.6 is 0 Å². The Morgan fingerprint density at radius 2 is 0.955 bits per heavy atom. The molecule has 4 nitrogen and oxygen atoms in total. The lowest BCUT2D eigenvalue weighted by molar-refractivity contribution is 0.207. The average molecular weight is 589 g/mol. The van der Waals surface area contributed by atoms with E-state index in [-0.39, 0.29) is 0 Å². The van der Waals surface area contributed by atoms with Crippen LogP contribution in [0.4, 0.5) is 0 Å². The number of hydrogen-bond donors (Lipinski definition) is 0. The Labute approximate surface area is 263 Å². The maximum atomic E-state index is 6.09. The SMILES string of the molecule is CC(C)=COCCCOc1ccc(C2(c3ccc(OCCCOC=C(C)C)cc3)c3ccccc3Cc3ccccc32)cc1. The van der Waals surface area contributed by atoms with Gasteiger partial charge in [-0.1, -0.05) is 72.8 Å². The maximum absolute atomic E-state index is 6.09. The second kappa shape index (κ2) is 14.8. The van der Waals surface area contributed by atoms with E-state index >= 15 is 0 Å². The lowest BCUT2D eigenvalue weighted by Gasteiger charge is -2.42. The zero-order valence-electron chi connectivity index (χ0n) is 26.5. The van der Waals surface area contributed by atoms with Gasteiger partial charge in [-0.25, -0.2) is 0 Å². The van der Waals surface area contributed by atoms with Gasteiger partial charge >= 0.3 is 0 Å². The number of benzene rings is 4. The van der Waals surface area contributed by atoms with Crippen LogP contribution in [-0.2, 0) is 21.3 Å². The van der Waals surface area contributed by atoms with Gasteiger partial charge in [0.05, 0.1) is 44.4 Å². The first-order valence-corrected chi connectivity index (χ1v) is 15.6. The molecule has 5 rings (SSSR count). The molecule has 0 amide bonds. The molecule has 4 aromatic rings. The first kappa shape index (κ1) is 31.0. The van der Waals surface area contributed by atoms with Crippen LogP contribution in [0.5, 0.6) is 11.5 Å². The summed E-state index contributed by atoms with van der Waals surface area (Å²) in [6, 6.07) is 35.0. The Balaban J connectivity index is 1.44. The Kier molecular flexibility index (Phi) is 10.5. The van der Waals surface area contributed by atoms with Gasteiger partial charge in [-0.15, -0.1) is 0 Å². The highest BCUT2D eigenvalue weighted by molar-refractivity contribution is 5.67. The summed E-state index contributed by atoms with van der Waals surface area (Å²) in [6.07, 6.45) is 6.17. The third kappa shape index (κ3) is 7.19. The summed E-state index contributed by atoms with van der Waals surface area (Å²) in [7, 11) is 0. The average Bonchev–Trinajstić information content (AvgIpc) is 3.03. The van der Waals surface area contributed by atoms with Crippen molar-refractivity contribution in [1.29, 1.82) is 0 Å². The van der Waals surface area contributed by atoms with E-state index in [1.807, 2.05) is 27.7 Å². The van der Waals surface area contributed by atoms with Crippen LogP contribution in [0.2, 0.25) is 0 Å². The summed E-state index contributed by atoms with van der Waals surface area (Å²) in [6.45, 7) is 10.6. The van der Waals surface area contributed by atoms with Crippen molar-refractivity contribution in [2.45, 2.75) is 52.4 Å². The van der Waals surface area contributed by atoms with Gasteiger partial charge < -0.3 is 18.9 Å². The fraction of sp³-hybridized carbons (Fsp3) is 0.300. The first-order chi connectivity index (χ1) is 21.5. The van der Waals surface area contributed by atoms with Gasteiger partial charge in [0.25, 0.3) is 0 Å². The molecular formula is C40H44O4. The molecular weight excluding hydrogens is 544 g/mol. The summed E-state index contributed by atoms with van der Waals surface area (Å²) < 4.78 is 23.3. The molecule has 228 valence electrons. The van der Waals surface area contributed by atoms with Crippen LogP contribution in [0.3, 0.4) is 0 Å². The van der Waals surface area contributed by atoms with E-state index in [4.69, 9.17) is 18.9 Å². The van der Waals surface area contributed by atoms with Crippen molar-refractivity contribution >= 4 is 0 Å². The molecule has 0 aliphatic heterocycles. The summed E-state index contributed by atoms with van der Waals surface area (Å²) in [5, 5.41) is 0. The zero-order valence-corrected chi connectivity index (χ0v) is 26.5. The minimum absolute atomic E-state index is 0.473. The van der Waals surface area contributed by atoms with Crippen molar-refractivity contribution in [3.05, 3.63) is 154 Å². The van der Waals surface area contributed by atoms with Crippen molar-refractivity contribution in [2.75, 3.05) is 26.4 Å². The Bertz CT molecular complexity index is 1440. The molecule has 0 saturated carbocycles. The Morgan fingerprint density at radius 3 is 1.36 bits per heavy atom. The van der Waals surface area contributed by atoms with Gasteiger partial charge in [-0.05, 0) is 103 Å². The largest absolute Gasteiger partial charge is 0.501 e. The molecule has 0 saturated heterocycles. The van der Waals surface area contributed by atoms with E-state index in [1.54, 1.807) is 12.5 Å². The molecule has 4 heteroatoms. The van der Waals surface area contributed by atoms with E-state index in [1.165, 1.54) is 33.4 Å². The van der Waals surface area contributed by atoms with Crippen molar-refractivity contribution in [1.82, 2.24) is 0 Å². The van der Waals surface area contributed by atoms with Crippen LogP contribution in [-0.4, -0.2) is 26.4 Å². The van der Waals surface area contributed by atoms with Crippen LogP contribution in [0, 0.1) is 0 Å².